The van der Waals surface area contributed by atoms with Gasteiger partial charge in [0.25, 0.3) is 0 Å². The Bertz CT molecular complexity index is 3180. The van der Waals surface area contributed by atoms with Crippen molar-refractivity contribution in [3.8, 4) is 33.4 Å². The molecule has 0 aliphatic carbocycles. The van der Waals surface area contributed by atoms with Crippen molar-refractivity contribution in [2.24, 2.45) is 0 Å². The van der Waals surface area contributed by atoms with E-state index < -0.39 is 0 Å². The van der Waals surface area contributed by atoms with E-state index in [4.69, 9.17) is 4.42 Å². The van der Waals surface area contributed by atoms with Gasteiger partial charge in [0.05, 0.1) is 0 Å². The molecule has 1 nitrogen and oxygen atoms in total. The molecule has 1 heteroatoms. The normalized spacial score (nSPS) is 11.9. The van der Waals surface area contributed by atoms with Gasteiger partial charge in [-0.1, -0.05) is 140 Å². The summed E-state index contributed by atoms with van der Waals surface area (Å²) in [6, 6.07) is 66.4. The van der Waals surface area contributed by atoms with Gasteiger partial charge in [-0.05, 0) is 130 Å². The average Bonchev–Trinajstić information content (AvgIpc) is 3.57. The van der Waals surface area contributed by atoms with Crippen molar-refractivity contribution in [3.63, 3.8) is 0 Å². The zero-order valence-electron chi connectivity index (χ0n) is 27.7. The van der Waals surface area contributed by atoms with Gasteiger partial charge in [0, 0.05) is 10.8 Å². The van der Waals surface area contributed by atoms with Gasteiger partial charge in [-0.25, -0.2) is 0 Å². The molecule has 1 aromatic heterocycles. The van der Waals surface area contributed by atoms with E-state index in [1.807, 2.05) is 0 Å². The fourth-order valence-corrected chi connectivity index (χ4v) is 8.37. The molecule has 51 heavy (non-hydrogen) atoms. The monoisotopic (exact) mass is 646 g/mol. The van der Waals surface area contributed by atoms with Gasteiger partial charge < -0.3 is 4.42 Å². The van der Waals surface area contributed by atoms with E-state index in [-0.39, 0.29) is 0 Å². The molecule has 10 aromatic carbocycles. The lowest BCUT2D eigenvalue weighted by Crippen LogP contribution is -1.89. The molecule has 0 atom stereocenters. The maximum atomic E-state index is 6.29. The summed E-state index contributed by atoms with van der Waals surface area (Å²) in [6.45, 7) is 0. The molecule has 0 amide bonds. The predicted molar refractivity (Wildman–Crippen MR) is 218 cm³/mol. The van der Waals surface area contributed by atoms with Crippen molar-refractivity contribution >= 4 is 75.8 Å². The minimum Gasteiger partial charge on any atom is -0.456 e. The van der Waals surface area contributed by atoms with Crippen LogP contribution in [-0.2, 0) is 0 Å². The van der Waals surface area contributed by atoms with Crippen molar-refractivity contribution in [2.75, 3.05) is 0 Å². The molecular formula is C50H30O. The first-order valence-corrected chi connectivity index (χ1v) is 17.6. The maximum Gasteiger partial charge on any atom is 0.135 e. The summed E-state index contributed by atoms with van der Waals surface area (Å²) in [5.74, 6) is 0. The van der Waals surface area contributed by atoms with E-state index in [1.165, 1.54) is 87.2 Å². The number of hydrogen-bond acceptors (Lipinski definition) is 1. The lowest BCUT2D eigenvalue weighted by molar-refractivity contribution is 0.669. The third kappa shape index (κ3) is 4.35. The van der Waals surface area contributed by atoms with Gasteiger partial charge in [0.2, 0.25) is 0 Å². The molecule has 11 aromatic rings. The van der Waals surface area contributed by atoms with Crippen LogP contribution in [0.5, 0.6) is 0 Å². The van der Waals surface area contributed by atoms with E-state index in [9.17, 15) is 0 Å². The Morgan fingerprint density at radius 3 is 1.41 bits per heavy atom. The number of hydrogen-bond donors (Lipinski definition) is 0. The second-order valence-electron chi connectivity index (χ2n) is 13.7. The summed E-state index contributed by atoms with van der Waals surface area (Å²) >= 11 is 0. The van der Waals surface area contributed by atoms with E-state index in [0.717, 1.165) is 21.9 Å². The Morgan fingerprint density at radius 2 is 0.725 bits per heavy atom. The summed E-state index contributed by atoms with van der Waals surface area (Å²) < 4.78 is 6.29. The minimum atomic E-state index is 0.908. The van der Waals surface area contributed by atoms with Crippen LogP contribution in [0.1, 0.15) is 0 Å². The zero-order valence-corrected chi connectivity index (χ0v) is 27.7. The summed E-state index contributed by atoms with van der Waals surface area (Å²) in [4.78, 5) is 0. The van der Waals surface area contributed by atoms with Crippen LogP contribution in [0.3, 0.4) is 0 Å². The van der Waals surface area contributed by atoms with E-state index in [0.29, 0.717) is 0 Å². The van der Waals surface area contributed by atoms with Gasteiger partial charge in [-0.15, -0.1) is 0 Å². The fourth-order valence-electron chi connectivity index (χ4n) is 8.37. The first kappa shape index (κ1) is 28.2. The average molecular weight is 647 g/mol. The molecule has 0 bridgehead atoms. The molecule has 0 radical (unpaired) electrons. The van der Waals surface area contributed by atoms with Crippen LogP contribution in [0.15, 0.2) is 186 Å². The Hall–Kier alpha value is -6.70. The highest BCUT2D eigenvalue weighted by molar-refractivity contribution is 6.33. The van der Waals surface area contributed by atoms with Crippen molar-refractivity contribution in [1.29, 1.82) is 0 Å². The Labute approximate surface area is 294 Å². The van der Waals surface area contributed by atoms with Crippen LogP contribution < -0.4 is 0 Å². The van der Waals surface area contributed by atoms with Crippen LogP contribution in [0, 0.1) is 0 Å². The van der Waals surface area contributed by atoms with Crippen molar-refractivity contribution in [3.05, 3.63) is 182 Å². The van der Waals surface area contributed by atoms with Crippen molar-refractivity contribution in [2.45, 2.75) is 0 Å². The molecule has 11 rings (SSSR count). The molecule has 0 saturated carbocycles. The molecule has 1 heterocycles. The number of rotatable bonds is 3. The maximum absolute atomic E-state index is 6.29. The Kier molecular flexibility index (Phi) is 6.02. The third-order valence-electron chi connectivity index (χ3n) is 10.8. The van der Waals surface area contributed by atoms with Crippen LogP contribution in [0.2, 0.25) is 0 Å². The number of benzene rings is 10. The molecule has 0 aliphatic rings. The standard InChI is InChI=1S/C50H30O/c1-2-10-31(11-3-1)34-22-24-48-45(28-34)46-29-35(23-25-49(46)51-48)33-20-18-32-19-21-36(27-37(32)26-33)44-30-47-40-14-5-4-12-38(40)39-13-6-8-16-42(39)50(47)43-17-9-7-15-41(43)44/h1-30H. The molecule has 236 valence electrons. The van der Waals surface area contributed by atoms with Crippen LogP contribution in [0.4, 0.5) is 0 Å². The SMILES string of the molecule is c1ccc(-c2ccc3oc4ccc(-c5ccc6ccc(-c7cc8c9ccccc9c9ccccc9c8c8ccccc78)cc6c5)cc4c3c2)cc1. The van der Waals surface area contributed by atoms with Gasteiger partial charge in [-0.3, -0.25) is 0 Å². The molecule has 0 N–H and O–H groups in total. The van der Waals surface area contributed by atoms with E-state index >= 15 is 0 Å². The molecule has 0 aliphatic heterocycles. The predicted octanol–water partition coefficient (Wildman–Crippen LogP) is 14.4. The highest BCUT2D eigenvalue weighted by Gasteiger charge is 2.16. The summed E-state index contributed by atoms with van der Waals surface area (Å²) in [5.41, 5.74) is 9.06. The minimum absolute atomic E-state index is 0.908. The molecule has 0 unspecified atom stereocenters. The van der Waals surface area contributed by atoms with E-state index in [2.05, 4.69) is 182 Å². The molecule has 0 saturated heterocycles. The second kappa shape index (κ2) is 10.9. The first-order chi connectivity index (χ1) is 25.3. The lowest BCUT2D eigenvalue weighted by atomic mass is 9.87. The number of fused-ring (bicyclic) bond motifs is 12. The quantitative estimate of drug-likeness (QED) is 0.174. The highest BCUT2D eigenvalue weighted by Crippen LogP contribution is 2.43. The summed E-state index contributed by atoms with van der Waals surface area (Å²) in [6.07, 6.45) is 0. The van der Waals surface area contributed by atoms with Crippen LogP contribution >= 0.6 is 0 Å². The summed E-state index contributed by atoms with van der Waals surface area (Å²) in [7, 11) is 0. The van der Waals surface area contributed by atoms with Gasteiger partial charge in [0.1, 0.15) is 11.2 Å². The Balaban J connectivity index is 1.09. The molecular weight excluding hydrogens is 617 g/mol. The smallest absolute Gasteiger partial charge is 0.135 e. The first-order valence-electron chi connectivity index (χ1n) is 17.6. The van der Waals surface area contributed by atoms with Gasteiger partial charge in [-0.2, -0.15) is 0 Å². The molecule has 0 spiro atoms. The topological polar surface area (TPSA) is 13.1 Å². The lowest BCUT2D eigenvalue weighted by Gasteiger charge is -2.16. The second-order valence-corrected chi connectivity index (χ2v) is 13.7. The van der Waals surface area contributed by atoms with Crippen LogP contribution in [-0.4, -0.2) is 0 Å². The zero-order chi connectivity index (χ0) is 33.5. The van der Waals surface area contributed by atoms with Crippen molar-refractivity contribution < 1.29 is 4.42 Å². The third-order valence-corrected chi connectivity index (χ3v) is 10.8. The van der Waals surface area contributed by atoms with E-state index in [1.54, 1.807) is 0 Å². The molecule has 0 fully saturated rings. The van der Waals surface area contributed by atoms with Crippen molar-refractivity contribution in [1.82, 2.24) is 0 Å². The largest absolute Gasteiger partial charge is 0.456 e. The number of furan rings is 1. The highest BCUT2D eigenvalue weighted by atomic mass is 16.3. The fraction of sp³-hybridized carbons (Fsp3) is 0. The van der Waals surface area contributed by atoms with Gasteiger partial charge in [0.15, 0.2) is 0 Å². The van der Waals surface area contributed by atoms with Crippen LogP contribution in [0.25, 0.3) is 109 Å². The Morgan fingerprint density at radius 1 is 0.255 bits per heavy atom. The summed E-state index contributed by atoms with van der Waals surface area (Å²) in [5, 5.41) is 15.1. The van der Waals surface area contributed by atoms with Gasteiger partial charge >= 0.3 is 0 Å².